The van der Waals surface area contributed by atoms with Crippen molar-refractivity contribution in [2.24, 2.45) is 5.92 Å². The molecule has 2 rings (SSSR count). The topological polar surface area (TPSA) is 64.4 Å². The van der Waals surface area contributed by atoms with Gasteiger partial charge in [0.2, 0.25) is 0 Å². The Labute approximate surface area is 107 Å². The van der Waals surface area contributed by atoms with Crippen molar-refractivity contribution in [2.75, 3.05) is 7.11 Å². The van der Waals surface area contributed by atoms with Crippen LogP contribution in [-0.4, -0.2) is 24.3 Å². The van der Waals surface area contributed by atoms with E-state index in [4.69, 9.17) is 9.26 Å². The van der Waals surface area contributed by atoms with Gasteiger partial charge in [0.05, 0.1) is 18.7 Å². The number of aryl methyl sites for hydroxylation is 1. The molecule has 100 valence electrons. The van der Waals surface area contributed by atoms with E-state index in [0.29, 0.717) is 6.04 Å². The van der Waals surface area contributed by atoms with Crippen LogP contribution in [0.15, 0.2) is 10.6 Å². The van der Waals surface area contributed by atoms with Gasteiger partial charge in [-0.05, 0) is 32.6 Å². The molecule has 0 aliphatic heterocycles. The second-order valence-corrected chi connectivity index (χ2v) is 4.88. The maximum atomic E-state index is 11.4. The Balaban J connectivity index is 1.72. The number of nitrogens with one attached hydrogen (secondary N) is 1. The van der Waals surface area contributed by atoms with Gasteiger partial charge < -0.3 is 14.6 Å². The van der Waals surface area contributed by atoms with E-state index in [0.717, 1.165) is 43.7 Å². The summed E-state index contributed by atoms with van der Waals surface area (Å²) in [5.41, 5.74) is 0.933. The fourth-order valence-corrected chi connectivity index (χ4v) is 2.45. The molecular formula is C13H20N2O3. The minimum Gasteiger partial charge on any atom is -0.469 e. The standard InChI is InChI=1S/C13H20N2O3/c1-9-7-12(15-18-9)8-14-11-5-3-10(4-6-11)13(16)17-2/h7,10-11,14H,3-6,8H2,1-2H3. The molecule has 0 radical (unpaired) electrons. The number of ether oxygens (including phenoxy) is 1. The molecule has 5 nitrogen and oxygen atoms in total. The first kappa shape index (κ1) is 13.1. The molecular weight excluding hydrogens is 232 g/mol. The monoisotopic (exact) mass is 252 g/mol. The third-order valence-electron chi connectivity index (χ3n) is 3.51. The lowest BCUT2D eigenvalue weighted by Crippen LogP contribution is -2.34. The Hall–Kier alpha value is -1.36. The van der Waals surface area contributed by atoms with E-state index in [1.54, 1.807) is 0 Å². The number of esters is 1. The van der Waals surface area contributed by atoms with Gasteiger partial charge >= 0.3 is 5.97 Å². The summed E-state index contributed by atoms with van der Waals surface area (Å²) in [6.07, 6.45) is 3.83. The summed E-state index contributed by atoms with van der Waals surface area (Å²) in [5, 5.41) is 7.40. The van der Waals surface area contributed by atoms with E-state index in [1.165, 1.54) is 7.11 Å². The second-order valence-electron chi connectivity index (χ2n) is 4.88. The van der Waals surface area contributed by atoms with E-state index in [1.807, 2.05) is 13.0 Å². The number of carbonyl (C=O) groups excluding carboxylic acids is 1. The molecule has 5 heteroatoms. The van der Waals surface area contributed by atoms with E-state index in [2.05, 4.69) is 10.5 Å². The van der Waals surface area contributed by atoms with Gasteiger partial charge in [-0.1, -0.05) is 5.16 Å². The van der Waals surface area contributed by atoms with Crippen LogP contribution in [0, 0.1) is 12.8 Å². The van der Waals surface area contributed by atoms with Gasteiger partial charge in [0, 0.05) is 18.7 Å². The molecule has 1 N–H and O–H groups in total. The third-order valence-corrected chi connectivity index (χ3v) is 3.51. The van der Waals surface area contributed by atoms with Gasteiger partial charge in [-0.3, -0.25) is 4.79 Å². The molecule has 1 aliphatic rings. The normalized spacial score (nSPS) is 23.9. The number of hydrogen-bond acceptors (Lipinski definition) is 5. The first-order chi connectivity index (χ1) is 8.69. The maximum Gasteiger partial charge on any atom is 0.308 e. The van der Waals surface area contributed by atoms with Gasteiger partial charge in [-0.2, -0.15) is 0 Å². The average Bonchev–Trinajstić information content (AvgIpc) is 2.82. The van der Waals surface area contributed by atoms with Crippen LogP contribution in [0.3, 0.4) is 0 Å². The fourth-order valence-electron chi connectivity index (χ4n) is 2.45. The molecule has 1 aromatic rings. The first-order valence-corrected chi connectivity index (χ1v) is 6.42. The quantitative estimate of drug-likeness (QED) is 0.828. The number of carbonyl (C=O) groups is 1. The fraction of sp³-hybridized carbons (Fsp3) is 0.692. The van der Waals surface area contributed by atoms with Crippen molar-refractivity contribution in [1.82, 2.24) is 10.5 Å². The predicted molar refractivity (Wildman–Crippen MR) is 65.8 cm³/mol. The van der Waals surface area contributed by atoms with E-state index in [9.17, 15) is 4.79 Å². The van der Waals surface area contributed by atoms with E-state index >= 15 is 0 Å². The van der Waals surface area contributed by atoms with Crippen molar-refractivity contribution < 1.29 is 14.1 Å². The zero-order valence-corrected chi connectivity index (χ0v) is 10.9. The summed E-state index contributed by atoms with van der Waals surface area (Å²) in [4.78, 5) is 11.4. The molecule has 0 amide bonds. The third kappa shape index (κ3) is 3.32. The molecule has 1 fully saturated rings. The highest BCUT2D eigenvalue weighted by atomic mass is 16.5. The number of methoxy groups -OCH3 is 1. The van der Waals surface area contributed by atoms with Gasteiger partial charge in [-0.15, -0.1) is 0 Å². The Bertz CT molecular complexity index is 395. The van der Waals surface area contributed by atoms with Crippen LogP contribution in [0.5, 0.6) is 0 Å². The van der Waals surface area contributed by atoms with Crippen molar-refractivity contribution in [1.29, 1.82) is 0 Å². The van der Waals surface area contributed by atoms with Crippen LogP contribution in [0.25, 0.3) is 0 Å². The molecule has 1 aliphatic carbocycles. The van der Waals surface area contributed by atoms with E-state index in [-0.39, 0.29) is 11.9 Å². The maximum absolute atomic E-state index is 11.4. The molecule has 0 unspecified atom stereocenters. The predicted octanol–water partition coefficient (Wildman–Crippen LogP) is 1.80. The van der Waals surface area contributed by atoms with Crippen molar-refractivity contribution in [3.8, 4) is 0 Å². The SMILES string of the molecule is COC(=O)C1CCC(NCc2cc(C)on2)CC1. The molecule has 0 aromatic carbocycles. The molecule has 1 saturated carbocycles. The molecule has 18 heavy (non-hydrogen) atoms. The van der Waals surface area contributed by atoms with Gasteiger partial charge in [0.25, 0.3) is 0 Å². The Morgan fingerprint density at radius 3 is 2.78 bits per heavy atom. The molecule has 0 saturated heterocycles. The number of hydrogen-bond donors (Lipinski definition) is 1. The highest BCUT2D eigenvalue weighted by Gasteiger charge is 2.26. The lowest BCUT2D eigenvalue weighted by atomic mass is 9.86. The van der Waals surface area contributed by atoms with Crippen molar-refractivity contribution in [3.63, 3.8) is 0 Å². The Morgan fingerprint density at radius 2 is 2.22 bits per heavy atom. The Morgan fingerprint density at radius 1 is 1.50 bits per heavy atom. The summed E-state index contributed by atoms with van der Waals surface area (Å²) in [7, 11) is 1.46. The van der Waals surface area contributed by atoms with Crippen LogP contribution < -0.4 is 5.32 Å². The van der Waals surface area contributed by atoms with Gasteiger partial charge in [-0.25, -0.2) is 0 Å². The zero-order chi connectivity index (χ0) is 13.0. The minimum atomic E-state index is -0.0689. The Kier molecular flexibility index (Phi) is 4.36. The zero-order valence-electron chi connectivity index (χ0n) is 10.9. The summed E-state index contributed by atoms with van der Waals surface area (Å²) < 4.78 is 9.79. The van der Waals surface area contributed by atoms with Crippen LogP contribution in [0.2, 0.25) is 0 Å². The largest absolute Gasteiger partial charge is 0.469 e. The first-order valence-electron chi connectivity index (χ1n) is 6.42. The van der Waals surface area contributed by atoms with Crippen LogP contribution >= 0.6 is 0 Å². The summed E-state index contributed by atoms with van der Waals surface area (Å²) >= 11 is 0. The summed E-state index contributed by atoms with van der Waals surface area (Å²) in [5.74, 6) is 0.851. The molecule has 0 bridgehead atoms. The van der Waals surface area contributed by atoms with Crippen LogP contribution in [0.4, 0.5) is 0 Å². The smallest absolute Gasteiger partial charge is 0.308 e. The lowest BCUT2D eigenvalue weighted by Gasteiger charge is -2.27. The van der Waals surface area contributed by atoms with Gasteiger partial charge in [0.1, 0.15) is 5.76 Å². The molecule has 1 aromatic heterocycles. The summed E-state index contributed by atoms with van der Waals surface area (Å²) in [6, 6.07) is 2.40. The van der Waals surface area contributed by atoms with E-state index < -0.39 is 0 Å². The molecule has 0 atom stereocenters. The second kappa shape index (κ2) is 6.00. The van der Waals surface area contributed by atoms with Crippen molar-refractivity contribution in [2.45, 2.75) is 45.2 Å². The van der Waals surface area contributed by atoms with Crippen molar-refractivity contribution in [3.05, 3.63) is 17.5 Å². The number of aromatic nitrogens is 1. The van der Waals surface area contributed by atoms with Crippen LogP contribution in [-0.2, 0) is 16.1 Å². The minimum absolute atomic E-state index is 0.0689. The summed E-state index contributed by atoms with van der Waals surface area (Å²) in [6.45, 7) is 2.61. The van der Waals surface area contributed by atoms with Gasteiger partial charge in [0.15, 0.2) is 0 Å². The average molecular weight is 252 g/mol. The molecule has 0 spiro atoms. The number of nitrogens with zero attached hydrogens (tertiary/aromatic N) is 1. The van der Waals surface area contributed by atoms with Crippen molar-refractivity contribution >= 4 is 5.97 Å². The highest BCUT2D eigenvalue weighted by Crippen LogP contribution is 2.25. The number of rotatable bonds is 4. The lowest BCUT2D eigenvalue weighted by molar-refractivity contribution is -0.146. The molecule has 1 heterocycles. The van der Waals surface area contributed by atoms with Crippen LogP contribution in [0.1, 0.15) is 37.1 Å². The highest BCUT2D eigenvalue weighted by molar-refractivity contribution is 5.72.